The molecule has 0 radical (unpaired) electrons. The smallest absolute Gasteiger partial charge is 0.285 e. The second-order valence-electron chi connectivity index (χ2n) is 4.01. The van der Waals surface area contributed by atoms with E-state index in [9.17, 15) is 18.9 Å². The lowest BCUT2D eigenvalue weighted by Crippen LogP contribution is -2.03. The van der Waals surface area contributed by atoms with Gasteiger partial charge < -0.3 is 5.32 Å². The van der Waals surface area contributed by atoms with Gasteiger partial charge in [0.1, 0.15) is 11.6 Å². The van der Waals surface area contributed by atoms with Crippen LogP contribution in [0.1, 0.15) is 5.56 Å². The summed E-state index contributed by atoms with van der Waals surface area (Å²) in [5, 5.41) is 13.6. The van der Waals surface area contributed by atoms with Crippen molar-refractivity contribution in [1.29, 1.82) is 0 Å². The van der Waals surface area contributed by atoms with Gasteiger partial charge in [-0.3, -0.25) is 10.1 Å². The number of nitrogens with zero attached hydrogens (tertiary/aromatic N) is 1. The summed E-state index contributed by atoms with van der Waals surface area (Å²) in [7, 11) is 0. The van der Waals surface area contributed by atoms with Crippen LogP contribution in [0.2, 0.25) is 0 Å². The van der Waals surface area contributed by atoms with Gasteiger partial charge in [0.15, 0.2) is 0 Å². The Bertz CT molecular complexity index is 665. The molecular formula is C13H9BrF2N2O2. The second-order valence-corrected chi connectivity index (χ2v) is 4.87. The van der Waals surface area contributed by atoms with E-state index in [-0.39, 0.29) is 17.8 Å². The summed E-state index contributed by atoms with van der Waals surface area (Å²) in [6.45, 7) is 0.0301. The molecule has 0 bridgehead atoms. The molecule has 0 aliphatic rings. The van der Waals surface area contributed by atoms with Gasteiger partial charge in [-0.15, -0.1) is 0 Å². The Morgan fingerprint density at radius 1 is 1.20 bits per heavy atom. The monoisotopic (exact) mass is 342 g/mol. The highest BCUT2D eigenvalue weighted by Gasteiger charge is 2.12. The van der Waals surface area contributed by atoms with E-state index in [4.69, 9.17) is 0 Å². The highest BCUT2D eigenvalue weighted by molar-refractivity contribution is 9.10. The molecule has 2 aromatic rings. The Morgan fingerprint density at radius 2 is 1.95 bits per heavy atom. The van der Waals surface area contributed by atoms with Crippen molar-refractivity contribution in [1.82, 2.24) is 0 Å². The lowest BCUT2D eigenvalue weighted by Gasteiger charge is -2.08. The van der Waals surface area contributed by atoms with Gasteiger partial charge in [0, 0.05) is 23.9 Å². The molecule has 0 saturated carbocycles. The molecule has 4 nitrogen and oxygen atoms in total. The Morgan fingerprint density at radius 3 is 2.65 bits per heavy atom. The SMILES string of the molecule is O=[N+]([O-])c1cc(NCc2cc(F)ccc2F)ccc1Br. The summed E-state index contributed by atoms with van der Waals surface area (Å²) in [6, 6.07) is 7.59. The number of nitrogens with one attached hydrogen (secondary N) is 1. The van der Waals surface area contributed by atoms with E-state index in [1.807, 2.05) is 0 Å². The molecule has 2 aromatic carbocycles. The summed E-state index contributed by atoms with van der Waals surface area (Å²) in [4.78, 5) is 10.3. The van der Waals surface area contributed by atoms with Gasteiger partial charge in [-0.25, -0.2) is 8.78 Å². The van der Waals surface area contributed by atoms with Crippen molar-refractivity contribution >= 4 is 27.3 Å². The maximum Gasteiger partial charge on any atom is 0.285 e. The van der Waals surface area contributed by atoms with Crippen molar-refractivity contribution in [2.24, 2.45) is 0 Å². The highest BCUT2D eigenvalue weighted by Crippen LogP contribution is 2.28. The quantitative estimate of drug-likeness (QED) is 0.667. The zero-order chi connectivity index (χ0) is 14.7. The topological polar surface area (TPSA) is 55.2 Å². The molecule has 2 rings (SSSR count). The van der Waals surface area contributed by atoms with Crippen LogP contribution in [0.25, 0.3) is 0 Å². The first-order valence-corrected chi connectivity index (χ1v) is 6.38. The summed E-state index contributed by atoms with van der Waals surface area (Å²) in [5.41, 5.74) is 0.494. The van der Waals surface area contributed by atoms with Crippen molar-refractivity contribution in [3.8, 4) is 0 Å². The minimum Gasteiger partial charge on any atom is -0.381 e. The minimum atomic E-state index is -0.537. The predicted molar refractivity (Wildman–Crippen MR) is 74.5 cm³/mol. The van der Waals surface area contributed by atoms with E-state index in [1.54, 1.807) is 6.07 Å². The fraction of sp³-hybridized carbons (Fsp3) is 0.0769. The van der Waals surface area contributed by atoms with Crippen LogP contribution in [-0.4, -0.2) is 4.92 Å². The standard InChI is InChI=1S/C13H9BrF2N2O2/c14-11-3-2-10(6-13(11)18(19)20)17-7-8-5-9(15)1-4-12(8)16/h1-6,17H,7H2. The third kappa shape index (κ3) is 3.30. The normalized spacial score (nSPS) is 10.3. The largest absolute Gasteiger partial charge is 0.381 e. The van der Waals surface area contributed by atoms with E-state index in [1.165, 1.54) is 12.1 Å². The Hall–Kier alpha value is -2.02. The number of benzene rings is 2. The first-order chi connectivity index (χ1) is 9.47. The van der Waals surface area contributed by atoms with Gasteiger partial charge in [0.2, 0.25) is 0 Å². The molecule has 0 saturated heterocycles. The maximum atomic E-state index is 13.4. The molecule has 0 aliphatic carbocycles. The van der Waals surface area contributed by atoms with Gasteiger partial charge in [-0.05, 0) is 46.3 Å². The maximum absolute atomic E-state index is 13.4. The van der Waals surface area contributed by atoms with Crippen molar-refractivity contribution in [2.75, 3.05) is 5.32 Å². The average Bonchev–Trinajstić information content (AvgIpc) is 2.41. The lowest BCUT2D eigenvalue weighted by atomic mass is 10.2. The molecule has 0 unspecified atom stereocenters. The van der Waals surface area contributed by atoms with Crippen molar-refractivity contribution in [3.63, 3.8) is 0 Å². The van der Waals surface area contributed by atoms with Crippen LogP contribution in [0.15, 0.2) is 40.9 Å². The molecule has 0 amide bonds. The van der Waals surface area contributed by atoms with Crippen LogP contribution in [0, 0.1) is 21.7 Å². The molecular weight excluding hydrogens is 334 g/mol. The number of hydrogen-bond donors (Lipinski definition) is 1. The summed E-state index contributed by atoms with van der Waals surface area (Å²) in [6.07, 6.45) is 0. The van der Waals surface area contributed by atoms with E-state index in [0.717, 1.165) is 18.2 Å². The van der Waals surface area contributed by atoms with Crippen LogP contribution in [0.4, 0.5) is 20.2 Å². The number of rotatable bonds is 4. The Kier molecular flexibility index (Phi) is 4.29. The first kappa shape index (κ1) is 14.4. The zero-order valence-electron chi connectivity index (χ0n) is 10.1. The molecule has 0 aliphatic heterocycles. The van der Waals surface area contributed by atoms with Gasteiger partial charge >= 0.3 is 0 Å². The number of nitro groups is 1. The molecule has 0 fully saturated rings. The van der Waals surface area contributed by atoms with Crippen LogP contribution < -0.4 is 5.32 Å². The zero-order valence-corrected chi connectivity index (χ0v) is 11.7. The molecule has 0 atom stereocenters. The third-order valence-corrected chi connectivity index (χ3v) is 3.30. The fourth-order valence-electron chi connectivity index (χ4n) is 1.64. The van der Waals surface area contributed by atoms with Crippen LogP contribution in [0.5, 0.6) is 0 Å². The molecule has 0 spiro atoms. The summed E-state index contributed by atoms with van der Waals surface area (Å²) < 4.78 is 26.8. The third-order valence-electron chi connectivity index (χ3n) is 2.63. The van der Waals surface area contributed by atoms with Gasteiger partial charge in [0.25, 0.3) is 5.69 Å². The molecule has 20 heavy (non-hydrogen) atoms. The lowest BCUT2D eigenvalue weighted by molar-refractivity contribution is -0.385. The number of nitro benzene ring substituents is 1. The summed E-state index contributed by atoms with van der Waals surface area (Å²) in [5.74, 6) is -1.07. The van der Waals surface area contributed by atoms with Crippen LogP contribution >= 0.6 is 15.9 Å². The van der Waals surface area contributed by atoms with Gasteiger partial charge in [0.05, 0.1) is 9.40 Å². The predicted octanol–water partition coefficient (Wildman–Crippen LogP) is 4.25. The van der Waals surface area contributed by atoms with Crippen molar-refractivity contribution in [2.45, 2.75) is 6.54 Å². The Labute approximate surface area is 121 Å². The number of hydrogen-bond acceptors (Lipinski definition) is 3. The highest BCUT2D eigenvalue weighted by atomic mass is 79.9. The van der Waals surface area contributed by atoms with Crippen LogP contribution in [0.3, 0.4) is 0 Å². The molecule has 104 valence electrons. The van der Waals surface area contributed by atoms with E-state index >= 15 is 0 Å². The van der Waals surface area contributed by atoms with Gasteiger partial charge in [-0.2, -0.15) is 0 Å². The molecule has 7 heteroatoms. The van der Waals surface area contributed by atoms with E-state index < -0.39 is 16.6 Å². The van der Waals surface area contributed by atoms with Gasteiger partial charge in [-0.1, -0.05) is 0 Å². The molecule has 1 N–H and O–H groups in total. The van der Waals surface area contributed by atoms with E-state index in [0.29, 0.717) is 10.2 Å². The molecule has 0 heterocycles. The number of anilines is 1. The number of halogens is 3. The average molecular weight is 343 g/mol. The first-order valence-electron chi connectivity index (χ1n) is 5.59. The van der Waals surface area contributed by atoms with Crippen molar-refractivity contribution in [3.05, 3.63) is 68.2 Å². The van der Waals surface area contributed by atoms with E-state index in [2.05, 4.69) is 21.2 Å². The van der Waals surface area contributed by atoms with Crippen LogP contribution in [-0.2, 0) is 6.54 Å². The van der Waals surface area contributed by atoms with Crippen molar-refractivity contribution < 1.29 is 13.7 Å². The minimum absolute atomic E-state index is 0.0301. The molecule has 0 aromatic heterocycles. The fourth-order valence-corrected chi connectivity index (χ4v) is 2.03. The summed E-state index contributed by atoms with van der Waals surface area (Å²) >= 11 is 3.07. The second kappa shape index (κ2) is 5.96. The Balaban J connectivity index is 2.17.